The van der Waals surface area contributed by atoms with E-state index in [9.17, 15) is 0 Å². The Morgan fingerprint density at radius 1 is 1.07 bits per heavy atom. The first-order chi connectivity index (χ1) is 12.9. The fourth-order valence-corrected chi connectivity index (χ4v) is 3.53. The molecule has 0 saturated heterocycles. The van der Waals surface area contributed by atoms with Crippen molar-refractivity contribution in [1.29, 1.82) is 0 Å². The van der Waals surface area contributed by atoms with Crippen LogP contribution in [0.15, 0.2) is 42.5 Å². The first-order valence-corrected chi connectivity index (χ1v) is 9.57. The molecule has 5 heteroatoms. The molecule has 0 spiro atoms. The van der Waals surface area contributed by atoms with Crippen molar-refractivity contribution in [3.8, 4) is 5.69 Å². The van der Waals surface area contributed by atoms with Gasteiger partial charge < -0.3 is 4.90 Å². The van der Waals surface area contributed by atoms with Crippen LogP contribution in [0.25, 0.3) is 18.5 Å². The van der Waals surface area contributed by atoms with Crippen molar-refractivity contribution in [2.45, 2.75) is 19.8 Å². The van der Waals surface area contributed by atoms with Crippen molar-refractivity contribution in [1.82, 2.24) is 14.7 Å². The van der Waals surface area contributed by atoms with E-state index in [0.29, 0.717) is 10.0 Å². The van der Waals surface area contributed by atoms with Crippen LogP contribution < -0.4 is 10.6 Å². The molecule has 3 nitrogen and oxygen atoms in total. The molecule has 0 atom stereocenters. The number of rotatable bonds is 5. The van der Waals surface area contributed by atoms with Gasteiger partial charge in [-0.25, -0.2) is 4.68 Å². The van der Waals surface area contributed by atoms with Gasteiger partial charge in [0, 0.05) is 35.6 Å². The lowest BCUT2D eigenvalue weighted by atomic mass is 10.0. The fourth-order valence-electron chi connectivity index (χ4n) is 3.05. The first kappa shape index (κ1) is 19.5. The minimum absolute atomic E-state index is 0.693. The highest BCUT2D eigenvalue weighted by Crippen LogP contribution is 2.25. The Bertz CT molecular complexity index is 1050. The van der Waals surface area contributed by atoms with Gasteiger partial charge in [0.25, 0.3) is 0 Å². The fraction of sp³-hybridized carbons (Fsp3) is 0.227. The van der Waals surface area contributed by atoms with E-state index in [-0.39, 0.29) is 0 Å². The third-order valence-electron chi connectivity index (χ3n) is 4.45. The van der Waals surface area contributed by atoms with Gasteiger partial charge in [-0.05, 0) is 49.1 Å². The van der Waals surface area contributed by atoms with Gasteiger partial charge in [0.05, 0.1) is 16.7 Å². The van der Waals surface area contributed by atoms with Crippen molar-refractivity contribution in [2.24, 2.45) is 0 Å². The summed E-state index contributed by atoms with van der Waals surface area (Å²) >= 11 is 12.5. The second-order valence-electron chi connectivity index (χ2n) is 6.84. The predicted molar refractivity (Wildman–Crippen MR) is 115 cm³/mol. The molecule has 0 fully saturated rings. The lowest BCUT2D eigenvalue weighted by molar-refractivity contribution is 0.613. The monoisotopic (exact) mass is 399 g/mol. The molecule has 0 saturated carbocycles. The van der Waals surface area contributed by atoms with Crippen LogP contribution in [0.2, 0.25) is 10.0 Å². The number of aryl methyl sites for hydroxylation is 3. The molecule has 0 amide bonds. The molecular weight excluding hydrogens is 377 g/mol. The molecule has 3 aromatic rings. The topological polar surface area (TPSA) is 21.1 Å². The van der Waals surface area contributed by atoms with Crippen LogP contribution >= 0.6 is 23.2 Å². The van der Waals surface area contributed by atoms with Gasteiger partial charge in [-0.1, -0.05) is 54.0 Å². The number of aromatic nitrogens is 2. The van der Waals surface area contributed by atoms with Gasteiger partial charge in [-0.3, -0.25) is 0 Å². The Balaban J connectivity index is 2.00. The van der Waals surface area contributed by atoms with Gasteiger partial charge in [0.15, 0.2) is 0 Å². The molecule has 1 heterocycles. The quantitative estimate of drug-likeness (QED) is 0.646. The lowest BCUT2D eigenvalue weighted by Crippen LogP contribution is -2.30. The van der Waals surface area contributed by atoms with Gasteiger partial charge in [-0.2, -0.15) is 5.10 Å². The molecule has 27 heavy (non-hydrogen) atoms. The summed E-state index contributed by atoms with van der Waals surface area (Å²) in [4.78, 5) is 2.02. The molecule has 0 aliphatic carbocycles. The van der Waals surface area contributed by atoms with Crippen LogP contribution in [-0.2, 0) is 12.8 Å². The van der Waals surface area contributed by atoms with Crippen LogP contribution in [-0.4, -0.2) is 28.8 Å². The highest BCUT2D eigenvalue weighted by atomic mass is 35.5. The van der Waals surface area contributed by atoms with E-state index in [1.54, 1.807) is 0 Å². The maximum atomic E-state index is 6.39. The third-order valence-corrected chi connectivity index (χ3v) is 5.20. The zero-order chi connectivity index (χ0) is 19.6. The van der Waals surface area contributed by atoms with Crippen molar-refractivity contribution < 1.29 is 0 Å². The van der Waals surface area contributed by atoms with Crippen LogP contribution in [0.4, 0.5) is 0 Å². The molecule has 0 aliphatic rings. The van der Waals surface area contributed by atoms with E-state index >= 15 is 0 Å². The predicted octanol–water partition coefficient (Wildman–Crippen LogP) is 3.98. The summed E-state index contributed by atoms with van der Waals surface area (Å²) in [7, 11) is 4.00. The summed E-state index contributed by atoms with van der Waals surface area (Å²) in [6.07, 6.45) is 3.62. The van der Waals surface area contributed by atoms with Crippen molar-refractivity contribution in [3.63, 3.8) is 0 Å². The second-order valence-corrected chi connectivity index (χ2v) is 7.65. The molecule has 0 bridgehead atoms. The standard InChI is InChI=1S/C22H23Cl2N3/c1-15-12-17(21(24)13-20(15)23)10-11-22-19(14-26(3)4)16(2)27(25-22)18-8-6-5-7-9-18/h5-9,12-14H,2,10-11H2,1,3-4H3. The Morgan fingerprint density at radius 3 is 2.44 bits per heavy atom. The minimum atomic E-state index is 0.693. The van der Waals surface area contributed by atoms with Crippen LogP contribution in [0.1, 0.15) is 16.8 Å². The zero-order valence-corrected chi connectivity index (χ0v) is 17.3. The highest BCUT2D eigenvalue weighted by Gasteiger charge is 2.11. The Kier molecular flexibility index (Phi) is 5.93. The van der Waals surface area contributed by atoms with Crippen molar-refractivity contribution in [2.75, 3.05) is 14.1 Å². The largest absolute Gasteiger partial charge is 0.383 e. The summed E-state index contributed by atoms with van der Waals surface area (Å²) in [5, 5.41) is 8.16. The maximum Gasteiger partial charge on any atom is 0.0725 e. The van der Waals surface area contributed by atoms with E-state index in [2.05, 4.69) is 18.8 Å². The number of hydrogen-bond acceptors (Lipinski definition) is 2. The van der Waals surface area contributed by atoms with E-state index in [4.69, 9.17) is 28.3 Å². The van der Waals surface area contributed by atoms with Crippen LogP contribution in [0.3, 0.4) is 0 Å². The highest BCUT2D eigenvalue weighted by molar-refractivity contribution is 6.35. The molecule has 1 aromatic heterocycles. The molecule has 3 rings (SSSR count). The Labute approximate surface area is 170 Å². The molecule has 0 radical (unpaired) electrons. The van der Waals surface area contributed by atoms with E-state index in [0.717, 1.165) is 45.9 Å². The molecule has 2 aromatic carbocycles. The number of nitrogens with zero attached hydrogens (tertiary/aromatic N) is 3. The lowest BCUT2D eigenvalue weighted by Gasteiger charge is -2.07. The molecule has 0 aliphatic heterocycles. The van der Waals surface area contributed by atoms with Gasteiger partial charge in [-0.15, -0.1) is 0 Å². The van der Waals surface area contributed by atoms with Crippen molar-refractivity contribution >= 4 is 36.0 Å². The van der Waals surface area contributed by atoms with Crippen LogP contribution in [0, 0.1) is 6.92 Å². The summed E-state index contributed by atoms with van der Waals surface area (Å²) in [6, 6.07) is 13.9. The zero-order valence-electron chi connectivity index (χ0n) is 15.8. The van der Waals surface area contributed by atoms with E-state index in [1.807, 2.05) is 67.0 Å². The maximum absolute atomic E-state index is 6.39. The smallest absolute Gasteiger partial charge is 0.0725 e. The summed E-state index contributed by atoms with van der Waals surface area (Å²) in [6.45, 7) is 6.26. The summed E-state index contributed by atoms with van der Waals surface area (Å²) < 4.78 is 1.90. The number of para-hydroxylation sites is 1. The Morgan fingerprint density at radius 2 is 1.78 bits per heavy atom. The normalized spacial score (nSPS) is 11.8. The van der Waals surface area contributed by atoms with Gasteiger partial charge in [0.2, 0.25) is 0 Å². The van der Waals surface area contributed by atoms with E-state index in [1.165, 1.54) is 0 Å². The Hall–Kier alpha value is -2.23. The third kappa shape index (κ3) is 4.37. The summed E-state index contributed by atoms with van der Waals surface area (Å²) in [5.74, 6) is 0. The van der Waals surface area contributed by atoms with Gasteiger partial charge >= 0.3 is 0 Å². The number of hydrogen-bond donors (Lipinski definition) is 0. The molecular formula is C22H23Cl2N3. The molecule has 0 unspecified atom stereocenters. The SMILES string of the molecule is C=c1c(=CN(C)C)c(CCc2cc(C)c(Cl)cc2Cl)nn1-c1ccccc1. The molecule has 0 N–H and O–H groups in total. The number of halogens is 2. The average molecular weight is 400 g/mol. The average Bonchev–Trinajstić information content (AvgIpc) is 2.93. The van der Waals surface area contributed by atoms with E-state index < -0.39 is 0 Å². The van der Waals surface area contributed by atoms with Gasteiger partial charge in [0.1, 0.15) is 0 Å². The first-order valence-electron chi connectivity index (χ1n) is 8.82. The van der Waals surface area contributed by atoms with Crippen LogP contribution in [0.5, 0.6) is 0 Å². The summed E-state index contributed by atoms with van der Waals surface area (Å²) in [5.41, 5.74) is 4.11. The second kappa shape index (κ2) is 8.20. The minimum Gasteiger partial charge on any atom is -0.383 e. The molecule has 140 valence electrons. The van der Waals surface area contributed by atoms with Crippen molar-refractivity contribution in [3.05, 3.63) is 79.9 Å². The number of benzene rings is 2.